The molecule has 1 fully saturated rings. The molecule has 1 unspecified atom stereocenters. The minimum absolute atomic E-state index is 0.167. The molecular formula is C6H10N2O. The highest BCUT2D eigenvalue weighted by Gasteiger charge is 2.32. The van der Waals surface area contributed by atoms with E-state index in [1.165, 1.54) is 12.8 Å². The van der Waals surface area contributed by atoms with E-state index in [1.807, 2.05) is 6.92 Å². The van der Waals surface area contributed by atoms with E-state index in [0.717, 1.165) is 5.90 Å². The van der Waals surface area contributed by atoms with Gasteiger partial charge in [0.25, 0.3) is 0 Å². The lowest BCUT2D eigenvalue weighted by Gasteiger charge is -1.95. The number of hydrogen-bond donors (Lipinski definition) is 1. The van der Waals surface area contributed by atoms with E-state index in [0.29, 0.717) is 5.92 Å². The summed E-state index contributed by atoms with van der Waals surface area (Å²) in [5.41, 5.74) is 2.79. The van der Waals surface area contributed by atoms with Crippen LogP contribution in [-0.2, 0) is 4.84 Å². The smallest absolute Gasteiger partial charge is 0.214 e. The Bertz CT molecular complexity index is 151. The average molecular weight is 126 g/mol. The molecule has 1 N–H and O–H groups in total. The van der Waals surface area contributed by atoms with E-state index in [4.69, 9.17) is 4.84 Å². The summed E-state index contributed by atoms with van der Waals surface area (Å²) in [5.74, 6) is 1.56. The first kappa shape index (κ1) is 5.23. The lowest BCUT2D eigenvalue weighted by Crippen LogP contribution is -2.17. The summed E-state index contributed by atoms with van der Waals surface area (Å²) in [6.07, 6.45) is 2.68. The second-order valence-electron chi connectivity index (χ2n) is 2.64. The third kappa shape index (κ3) is 0.920. The highest BCUT2D eigenvalue weighted by Crippen LogP contribution is 2.32. The zero-order valence-electron chi connectivity index (χ0n) is 5.42. The van der Waals surface area contributed by atoms with Crippen LogP contribution in [0.5, 0.6) is 0 Å². The van der Waals surface area contributed by atoms with Crippen LogP contribution in [0.25, 0.3) is 0 Å². The maximum absolute atomic E-state index is 5.09. The Kier molecular flexibility index (Phi) is 0.990. The second kappa shape index (κ2) is 1.70. The lowest BCUT2D eigenvalue weighted by molar-refractivity contribution is 0.179. The van der Waals surface area contributed by atoms with Crippen LogP contribution in [0.2, 0.25) is 0 Å². The predicted octanol–water partition coefficient (Wildman–Crippen LogP) is 0.676. The number of hydrogen-bond acceptors (Lipinski definition) is 3. The number of nitrogens with zero attached hydrogens (tertiary/aromatic N) is 1. The van der Waals surface area contributed by atoms with Crippen molar-refractivity contribution in [2.24, 2.45) is 10.9 Å². The average Bonchev–Trinajstić information content (AvgIpc) is 2.58. The van der Waals surface area contributed by atoms with Crippen molar-refractivity contribution in [3.8, 4) is 0 Å². The minimum atomic E-state index is 0.167. The van der Waals surface area contributed by atoms with E-state index in [2.05, 4.69) is 10.5 Å². The van der Waals surface area contributed by atoms with Crippen LogP contribution in [0.3, 0.4) is 0 Å². The Labute approximate surface area is 54.1 Å². The highest BCUT2D eigenvalue weighted by molar-refractivity contribution is 5.81. The van der Waals surface area contributed by atoms with Crippen molar-refractivity contribution >= 4 is 5.90 Å². The summed E-state index contributed by atoms with van der Waals surface area (Å²) in [7, 11) is 0. The van der Waals surface area contributed by atoms with Crippen molar-refractivity contribution in [2.75, 3.05) is 0 Å². The van der Waals surface area contributed by atoms with Crippen molar-refractivity contribution in [2.45, 2.75) is 25.9 Å². The maximum Gasteiger partial charge on any atom is 0.214 e. The Morgan fingerprint density at radius 2 is 2.44 bits per heavy atom. The first-order chi connectivity index (χ1) is 4.36. The molecule has 0 spiro atoms. The van der Waals surface area contributed by atoms with Crippen molar-refractivity contribution in [3.63, 3.8) is 0 Å². The van der Waals surface area contributed by atoms with Gasteiger partial charge in [-0.15, -0.1) is 5.48 Å². The topological polar surface area (TPSA) is 33.6 Å². The van der Waals surface area contributed by atoms with Gasteiger partial charge in [0, 0.05) is 5.92 Å². The van der Waals surface area contributed by atoms with Gasteiger partial charge in [-0.2, -0.15) is 0 Å². The first-order valence-corrected chi connectivity index (χ1v) is 3.36. The van der Waals surface area contributed by atoms with Gasteiger partial charge in [0.05, 0.1) is 0 Å². The van der Waals surface area contributed by atoms with Gasteiger partial charge in [0.1, 0.15) is 6.17 Å². The van der Waals surface area contributed by atoms with Gasteiger partial charge in [0.2, 0.25) is 5.90 Å². The molecule has 1 aliphatic carbocycles. The summed E-state index contributed by atoms with van der Waals surface area (Å²) < 4.78 is 0. The molecule has 1 atom stereocenters. The number of aliphatic imine (C=N–C) groups is 1. The van der Waals surface area contributed by atoms with Crippen LogP contribution in [0.15, 0.2) is 4.99 Å². The van der Waals surface area contributed by atoms with Crippen molar-refractivity contribution in [3.05, 3.63) is 0 Å². The predicted molar refractivity (Wildman–Crippen MR) is 33.8 cm³/mol. The lowest BCUT2D eigenvalue weighted by atomic mass is 10.4. The second-order valence-corrected chi connectivity index (χ2v) is 2.64. The molecule has 0 amide bonds. The standard InChI is InChI=1S/C6H10N2O/c1-4-7-6(9-8-4)5-2-3-5/h4-5,8H,2-3H2,1H3. The van der Waals surface area contributed by atoms with E-state index in [1.54, 1.807) is 0 Å². The normalized spacial score (nSPS) is 33.9. The molecule has 0 aromatic rings. The molecule has 2 rings (SSSR count). The maximum atomic E-state index is 5.09. The SMILES string of the molecule is CC1N=C(C2CC2)ON1. The van der Waals surface area contributed by atoms with Crippen LogP contribution in [0, 0.1) is 5.92 Å². The van der Waals surface area contributed by atoms with Crippen LogP contribution >= 0.6 is 0 Å². The van der Waals surface area contributed by atoms with Crippen molar-refractivity contribution in [1.29, 1.82) is 0 Å². The van der Waals surface area contributed by atoms with Gasteiger partial charge in [0.15, 0.2) is 0 Å². The van der Waals surface area contributed by atoms with Gasteiger partial charge in [-0.3, -0.25) is 0 Å². The molecule has 0 aromatic heterocycles. The van der Waals surface area contributed by atoms with Crippen LogP contribution in [-0.4, -0.2) is 12.1 Å². The van der Waals surface area contributed by atoms with Crippen LogP contribution < -0.4 is 5.48 Å². The Hall–Kier alpha value is -0.570. The summed E-state index contributed by atoms with van der Waals surface area (Å²) in [4.78, 5) is 9.32. The molecule has 9 heavy (non-hydrogen) atoms. The fourth-order valence-electron chi connectivity index (χ4n) is 0.908. The fraction of sp³-hybridized carbons (Fsp3) is 0.833. The van der Waals surface area contributed by atoms with Gasteiger partial charge >= 0.3 is 0 Å². The Morgan fingerprint density at radius 1 is 1.67 bits per heavy atom. The molecule has 50 valence electrons. The largest absolute Gasteiger partial charge is 0.391 e. The molecule has 0 aromatic carbocycles. The third-order valence-corrected chi connectivity index (χ3v) is 1.58. The molecule has 1 heterocycles. The zero-order valence-corrected chi connectivity index (χ0v) is 5.42. The van der Waals surface area contributed by atoms with Gasteiger partial charge in [-0.25, -0.2) is 4.99 Å². The number of nitrogens with one attached hydrogen (secondary N) is 1. The molecule has 0 saturated heterocycles. The number of hydroxylamine groups is 1. The Balaban J connectivity index is 2.03. The zero-order chi connectivity index (χ0) is 6.27. The van der Waals surface area contributed by atoms with Gasteiger partial charge in [-0.1, -0.05) is 0 Å². The monoisotopic (exact) mass is 126 g/mol. The van der Waals surface area contributed by atoms with Gasteiger partial charge in [-0.05, 0) is 19.8 Å². The Morgan fingerprint density at radius 3 is 2.89 bits per heavy atom. The molecule has 3 nitrogen and oxygen atoms in total. The minimum Gasteiger partial charge on any atom is -0.391 e. The van der Waals surface area contributed by atoms with Crippen molar-refractivity contribution < 1.29 is 4.84 Å². The van der Waals surface area contributed by atoms with E-state index in [9.17, 15) is 0 Å². The van der Waals surface area contributed by atoms with E-state index >= 15 is 0 Å². The molecule has 1 saturated carbocycles. The molecule has 2 aliphatic rings. The van der Waals surface area contributed by atoms with E-state index < -0.39 is 0 Å². The quantitative estimate of drug-likeness (QED) is 0.560. The molecular weight excluding hydrogens is 116 g/mol. The van der Waals surface area contributed by atoms with Crippen LogP contribution in [0.1, 0.15) is 19.8 Å². The summed E-state index contributed by atoms with van der Waals surface area (Å²) in [6.45, 7) is 1.98. The van der Waals surface area contributed by atoms with Crippen molar-refractivity contribution in [1.82, 2.24) is 5.48 Å². The number of rotatable bonds is 1. The third-order valence-electron chi connectivity index (χ3n) is 1.58. The first-order valence-electron chi connectivity index (χ1n) is 3.36. The summed E-state index contributed by atoms with van der Waals surface area (Å²) in [5, 5.41) is 0. The fourth-order valence-corrected chi connectivity index (χ4v) is 0.908. The summed E-state index contributed by atoms with van der Waals surface area (Å²) in [6, 6.07) is 0. The molecule has 0 bridgehead atoms. The highest BCUT2D eigenvalue weighted by atomic mass is 16.7. The summed E-state index contributed by atoms with van der Waals surface area (Å²) >= 11 is 0. The molecule has 1 aliphatic heterocycles. The van der Waals surface area contributed by atoms with E-state index in [-0.39, 0.29) is 6.17 Å². The molecule has 0 radical (unpaired) electrons. The van der Waals surface area contributed by atoms with Gasteiger partial charge < -0.3 is 4.84 Å². The molecule has 3 heteroatoms. The van der Waals surface area contributed by atoms with Crippen LogP contribution in [0.4, 0.5) is 0 Å².